The number of rotatable bonds is 4. The predicted octanol–water partition coefficient (Wildman–Crippen LogP) is 4.88. The number of ether oxygens (including phenoxy) is 1. The van der Waals surface area contributed by atoms with Gasteiger partial charge >= 0.3 is 0 Å². The SMILES string of the molecule is COc1ccc(Cl)cc1NC(=O)CN1C(=O)[C@@H]2[C@H](C1=O)C1(Cl)c3ccccc3C2(Cl)c2ccccc21. The highest BCUT2D eigenvalue weighted by Crippen LogP contribution is 2.69. The number of methoxy groups -OCH3 is 1. The average molecular weight is 542 g/mol. The molecule has 1 heterocycles. The van der Waals surface area contributed by atoms with Crippen molar-refractivity contribution in [2.75, 3.05) is 19.0 Å². The Balaban J connectivity index is 1.40. The Labute approximate surface area is 222 Å². The lowest BCUT2D eigenvalue weighted by Gasteiger charge is -2.54. The molecule has 0 unspecified atom stereocenters. The molecule has 0 radical (unpaired) electrons. The highest BCUT2D eigenvalue weighted by Gasteiger charge is 2.73. The smallest absolute Gasteiger partial charge is 0.244 e. The molecule has 182 valence electrons. The molecular weight excluding hydrogens is 523 g/mol. The van der Waals surface area contributed by atoms with Crippen molar-refractivity contribution in [3.63, 3.8) is 0 Å². The van der Waals surface area contributed by atoms with Gasteiger partial charge in [0.05, 0.1) is 24.6 Å². The van der Waals surface area contributed by atoms with E-state index >= 15 is 0 Å². The third-order valence-electron chi connectivity index (χ3n) is 7.41. The van der Waals surface area contributed by atoms with E-state index in [0.717, 1.165) is 4.90 Å². The number of nitrogens with zero attached hydrogens (tertiary/aromatic N) is 1. The zero-order valence-corrected chi connectivity index (χ0v) is 21.2. The van der Waals surface area contributed by atoms with Gasteiger partial charge in [-0.3, -0.25) is 19.3 Å². The van der Waals surface area contributed by atoms with Gasteiger partial charge in [-0.15, -0.1) is 23.2 Å². The average Bonchev–Trinajstić information content (AvgIpc) is 3.13. The summed E-state index contributed by atoms with van der Waals surface area (Å²) in [5.74, 6) is -3.15. The Morgan fingerprint density at radius 2 is 1.36 bits per heavy atom. The summed E-state index contributed by atoms with van der Waals surface area (Å²) in [4.78, 5) is 39.0. The monoisotopic (exact) mass is 540 g/mol. The highest BCUT2D eigenvalue weighted by molar-refractivity contribution is 6.36. The Morgan fingerprint density at radius 3 is 1.81 bits per heavy atom. The molecule has 2 bridgehead atoms. The summed E-state index contributed by atoms with van der Waals surface area (Å²) in [6.45, 7) is -0.493. The number of nitrogens with one attached hydrogen (secondary N) is 1. The zero-order valence-electron chi connectivity index (χ0n) is 18.9. The van der Waals surface area contributed by atoms with Gasteiger partial charge in [-0.25, -0.2) is 0 Å². The van der Waals surface area contributed by atoms with Gasteiger partial charge in [-0.2, -0.15) is 0 Å². The van der Waals surface area contributed by atoms with E-state index in [2.05, 4.69) is 5.32 Å². The van der Waals surface area contributed by atoms with Crippen LogP contribution in [0.5, 0.6) is 5.75 Å². The first-order valence-corrected chi connectivity index (χ1v) is 12.4. The molecule has 2 atom stereocenters. The number of hydrogen-bond acceptors (Lipinski definition) is 4. The third-order valence-corrected chi connectivity index (χ3v) is 8.93. The van der Waals surface area contributed by atoms with Crippen molar-refractivity contribution in [3.05, 3.63) is 94.0 Å². The van der Waals surface area contributed by atoms with Crippen LogP contribution in [0.4, 0.5) is 5.69 Å². The van der Waals surface area contributed by atoms with Crippen LogP contribution in [0.1, 0.15) is 22.3 Å². The molecule has 6 nitrogen and oxygen atoms in total. The van der Waals surface area contributed by atoms with Crippen LogP contribution in [0.25, 0.3) is 0 Å². The Morgan fingerprint density at radius 1 is 0.889 bits per heavy atom. The van der Waals surface area contributed by atoms with Crippen molar-refractivity contribution < 1.29 is 19.1 Å². The normalized spacial score (nSPS) is 27.4. The summed E-state index contributed by atoms with van der Waals surface area (Å²) < 4.78 is 5.27. The van der Waals surface area contributed by atoms with E-state index < -0.39 is 45.9 Å². The van der Waals surface area contributed by atoms with Gasteiger partial charge in [0.1, 0.15) is 22.0 Å². The second kappa shape index (κ2) is 7.97. The number of imide groups is 1. The maximum Gasteiger partial charge on any atom is 0.244 e. The van der Waals surface area contributed by atoms with Crippen LogP contribution in [0.3, 0.4) is 0 Å². The van der Waals surface area contributed by atoms with E-state index in [4.69, 9.17) is 39.5 Å². The van der Waals surface area contributed by atoms with E-state index in [1.807, 2.05) is 48.5 Å². The van der Waals surface area contributed by atoms with Crippen molar-refractivity contribution in [2.24, 2.45) is 11.8 Å². The fourth-order valence-electron chi connectivity index (χ4n) is 5.99. The van der Waals surface area contributed by atoms with Crippen molar-refractivity contribution >= 4 is 58.2 Å². The molecular formula is C27H19Cl3N2O4. The number of anilines is 1. The van der Waals surface area contributed by atoms with E-state index in [1.165, 1.54) is 13.2 Å². The number of likely N-dealkylation sites (tertiary alicyclic amines) is 1. The minimum Gasteiger partial charge on any atom is -0.495 e. The summed E-state index contributed by atoms with van der Waals surface area (Å²) in [7, 11) is 1.46. The quantitative estimate of drug-likeness (QED) is 0.377. The lowest BCUT2D eigenvalue weighted by atomic mass is 9.54. The van der Waals surface area contributed by atoms with Crippen LogP contribution < -0.4 is 10.1 Å². The number of amides is 3. The van der Waals surface area contributed by atoms with Gasteiger partial charge in [0.2, 0.25) is 17.7 Å². The minimum atomic E-state index is -1.29. The molecule has 0 spiro atoms. The molecule has 1 saturated heterocycles. The molecule has 3 amide bonds. The molecule has 7 rings (SSSR count). The summed E-state index contributed by atoms with van der Waals surface area (Å²) >= 11 is 20.8. The van der Waals surface area contributed by atoms with Crippen LogP contribution in [0, 0.1) is 11.8 Å². The van der Waals surface area contributed by atoms with Gasteiger partial charge < -0.3 is 10.1 Å². The maximum atomic E-state index is 13.8. The summed E-state index contributed by atoms with van der Waals surface area (Å²) in [6, 6.07) is 19.5. The van der Waals surface area contributed by atoms with Gasteiger partial charge in [0.25, 0.3) is 0 Å². The second-order valence-corrected chi connectivity index (χ2v) is 10.8. The lowest BCUT2D eigenvalue weighted by molar-refractivity contribution is -0.142. The van der Waals surface area contributed by atoms with Gasteiger partial charge in [0.15, 0.2) is 0 Å². The van der Waals surface area contributed by atoms with Crippen molar-refractivity contribution in [1.29, 1.82) is 0 Å². The van der Waals surface area contributed by atoms with Crippen LogP contribution in [-0.2, 0) is 24.1 Å². The first kappa shape index (κ1) is 23.3. The van der Waals surface area contributed by atoms with Gasteiger partial charge in [-0.05, 0) is 40.5 Å². The number of alkyl halides is 2. The summed E-state index contributed by atoms with van der Waals surface area (Å²) in [5, 5.41) is 3.08. The number of carbonyl (C=O) groups is 3. The van der Waals surface area contributed by atoms with E-state index in [0.29, 0.717) is 38.7 Å². The molecule has 0 saturated carbocycles. The van der Waals surface area contributed by atoms with Crippen molar-refractivity contribution in [3.8, 4) is 5.75 Å². The zero-order chi connectivity index (χ0) is 25.4. The molecule has 9 heteroatoms. The maximum absolute atomic E-state index is 13.8. The lowest BCUT2D eigenvalue weighted by Crippen LogP contribution is -2.57. The molecule has 3 aromatic carbocycles. The molecule has 4 aliphatic rings. The number of benzene rings is 3. The van der Waals surface area contributed by atoms with Crippen molar-refractivity contribution in [2.45, 2.75) is 9.75 Å². The molecule has 3 aromatic rings. The Hall–Kier alpha value is -3.06. The topological polar surface area (TPSA) is 75.7 Å². The minimum absolute atomic E-state index is 0.328. The van der Waals surface area contributed by atoms with E-state index in [1.54, 1.807) is 12.1 Å². The van der Waals surface area contributed by atoms with Gasteiger partial charge in [-0.1, -0.05) is 60.1 Å². The number of halogens is 3. The first-order chi connectivity index (χ1) is 17.2. The predicted molar refractivity (Wildman–Crippen MR) is 136 cm³/mol. The van der Waals surface area contributed by atoms with Gasteiger partial charge in [0, 0.05) is 5.02 Å². The van der Waals surface area contributed by atoms with Crippen LogP contribution >= 0.6 is 34.8 Å². The van der Waals surface area contributed by atoms with Crippen LogP contribution in [-0.4, -0.2) is 36.3 Å². The highest BCUT2D eigenvalue weighted by atomic mass is 35.5. The molecule has 3 aliphatic carbocycles. The second-order valence-electron chi connectivity index (χ2n) is 9.13. The fourth-order valence-corrected chi connectivity index (χ4v) is 7.26. The fraction of sp³-hybridized carbons (Fsp3) is 0.222. The molecule has 1 N–H and O–H groups in total. The molecule has 0 aromatic heterocycles. The molecule has 36 heavy (non-hydrogen) atoms. The summed E-state index contributed by atoms with van der Waals surface area (Å²) in [6.07, 6.45) is 0. The molecule has 1 aliphatic heterocycles. The van der Waals surface area contributed by atoms with Crippen LogP contribution in [0.2, 0.25) is 5.02 Å². The van der Waals surface area contributed by atoms with Crippen molar-refractivity contribution in [1.82, 2.24) is 4.90 Å². The molecule has 1 fully saturated rings. The number of hydrogen-bond donors (Lipinski definition) is 1. The standard InChI is InChI=1S/C27H19Cl3N2O4/c1-36-20-11-10-14(28)12-19(20)31-21(33)13-32-24(34)22-23(25(32)35)27(30)16-7-3-2-6-15(16)26(22,29)17-8-4-5-9-18(17)27/h2-12,22-23H,13H2,1H3,(H,31,33)/t22-,23+,26?,27?. The Kier molecular flexibility index (Phi) is 5.17. The van der Waals surface area contributed by atoms with E-state index in [9.17, 15) is 14.4 Å². The van der Waals surface area contributed by atoms with E-state index in [-0.39, 0.29) is 0 Å². The van der Waals surface area contributed by atoms with Crippen LogP contribution in [0.15, 0.2) is 66.7 Å². The summed E-state index contributed by atoms with van der Waals surface area (Å²) in [5.41, 5.74) is 3.15. The Bertz CT molecular complexity index is 1350. The first-order valence-electron chi connectivity index (χ1n) is 11.3. The third kappa shape index (κ3) is 2.89. The number of carbonyl (C=O) groups excluding carboxylic acids is 3. The largest absolute Gasteiger partial charge is 0.495 e.